The Morgan fingerprint density at radius 2 is 1.04 bits per heavy atom. The van der Waals surface area contributed by atoms with Crippen LogP contribution in [0.25, 0.3) is 0 Å². The molecule has 8 nitrogen and oxygen atoms in total. The lowest BCUT2D eigenvalue weighted by Crippen LogP contribution is -2.29. The lowest BCUT2D eigenvalue weighted by Gasteiger charge is -2.18. The zero-order chi connectivity index (χ0) is 36.1. The summed E-state index contributed by atoms with van der Waals surface area (Å²) >= 11 is 0. The first-order chi connectivity index (χ1) is 23.8. The Kier molecular flexibility index (Phi) is 33.9. The van der Waals surface area contributed by atoms with Crippen molar-refractivity contribution in [3.63, 3.8) is 0 Å². The number of ether oxygens (including phenoxy) is 2. The molecule has 0 spiro atoms. The highest BCUT2D eigenvalue weighted by molar-refractivity contribution is 7.46. The summed E-state index contributed by atoms with van der Waals surface area (Å²) in [5, 5.41) is 0. The minimum absolute atomic E-state index is 0.0987. The Bertz CT molecular complexity index is 979. The monoisotopic (exact) mass is 708 g/mol. The topological polar surface area (TPSA) is 119 Å². The average Bonchev–Trinajstić information content (AvgIpc) is 3.07. The number of hydrogen-bond acceptors (Lipinski definition) is 6. The maximum absolute atomic E-state index is 12.3. The summed E-state index contributed by atoms with van der Waals surface area (Å²) in [6.45, 7) is 3.57. The maximum Gasteiger partial charge on any atom is 0.469 e. The van der Waals surface area contributed by atoms with Gasteiger partial charge in [0.1, 0.15) is 6.61 Å². The number of unbranched alkanes of at least 4 members (excludes halogenated alkanes) is 16. The van der Waals surface area contributed by atoms with Crippen LogP contribution in [0.5, 0.6) is 0 Å². The first-order valence-electron chi connectivity index (χ1n) is 19.1. The van der Waals surface area contributed by atoms with Crippen molar-refractivity contribution in [2.45, 2.75) is 168 Å². The second-order valence-corrected chi connectivity index (χ2v) is 13.8. The number of phosphoric ester groups is 1. The summed E-state index contributed by atoms with van der Waals surface area (Å²) in [5.41, 5.74) is 0. The van der Waals surface area contributed by atoms with Gasteiger partial charge in [0.05, 0.1) is 6.61 Å². The van der Waals surface area contributed by atoms with Gasteiger partial charge in [-0.15, -0.1) is 0 Å². The third-order valence-electron chi connectivity index (χ3n) is 7.83. The van der Waals surface area contributed by atoms with Crippen molar-refractivity contribution in [3.8, 4) is 0 Å². The quantitative estimate of drug-likeness (QED) is 0.0223. The predicted octanol–water partition coefficient (Wildman–Crippen LogP) is 11.3. The zero-order valence-corrected chi connectivity index (χ0v) is 31.7. The summed E-state index contributed by atoms with van der Waals surface area (Å²) in [6, 6.07) is 0. The third-order valence-corrected chi connectivity index (χ3v) is 8.32. The van der Waals surface area contributed by atoms with Crippen LogP contribution in [0, 0.1) is 0 Å². The van der Waals surface area contributed by atoms with E-state index in [0.29, 0.717) is 12.8 Å². The van der Waals surface area contributed by atoms with E-state index in [1.54, 1.807) is 0 Å². The van der Waals surface area contributed by atoms with Crippen molar-refractivity contribution < 1.29 is 37.9 Å². The Balaban J connectivity index is 4.08. The van der Waals surface area contributed by atoms with Crippen LogP contribution in [0.15, 0.2) is 60.8 Å². The molecule has 0 aromatic carbocycles. The van der Waals surface area contributed by atoms with E-state index < -0.39 is 32.5 Å². The second kappa shape index (κ2) is 35.6. The Morgan fingerprint density at radius 3 is 1.59 bits per heavy atom. The van der Waals surface area contributed by atoms with Crippen LogP contribution in [0.4, 0.5) is 0 Å². The highest BCUT2D eigenvalue weighted by Crippen LogP contribution is 2.35. The molecule has 0 aliphatic heterocycles. The Hall–Kier alpha value is -2.25. The van der Waals surface area contributed by atoms with Crippen molar-refractivity contribution in [1.82, 2.24) is 0 Å². The SMILES string of the molecule is CCCCCCC/C=C/C=C/C=C/CCCCCCCC(=O)OCC(COP(=O)(O)O)OC(=O)CC/C=C/C/C=C/CCCCCCCC. The number of esters is 2. The summed E-state index contributed by atoms with van der Waals surface area (Å²) in [6.07, 6.45) is 43.8. The molecule has 0 radical (unpaired) electrons. The van der Waals surface area contributed by atoms with Crippen LogP contribution in [0.2, 0.25) is 0 Å². The van der Waals surface area contributed by atoms with E-state index in [-0.39, 0.29) is 19.4 Å². The maximum atomic E-state index is 12.3. The highest BCUT2D eigenvalue weighted by atomic mass is 31.2. The Morgan fingerprint density at radius 1 is 0.551 bits per heavy atom. The van der Waals surface area contributed by atoms with Gasteiger partial charge in [-0.2, -0.15) is 0 Å². The molecule has 1 atom stereocenters. The summed E-state index contributed by atoms with van der Waals surface area (Å²) in [4.78, 5) is 42.6. The summed E-state index contributed by atoms with van der Waals surface area (Å²) in [5.74, 6) is -0.991. The number of carbonyl (C=O) groups is 2. The molecule has 49 heavy (non-hydrogen) atoms. The molecule has 0 rings (SSSR count). The highest BCUT2D eigenvalue weighted by Gasteiger charge is 2.22. The summed E-state index contributed by atoms with van der Waals surface area (Å²) in [7, 11) is -4.77. The van der Waals surface area contributed by atoms with E-state index in [4.69, 9.17) is 19.3 Å². The van der Waals surface area contributed by atoms with Gasteiger partial charge < -0.3 is 19.3 Å². The number of rotatable bonds is 34. The smallest absolute Gasteiger partial charge is 0.462 e. The molecule has 0 heterocycles. The van der Waals surface area contributed by atoms with Gasteiger partial charge in [0.25, 0.3) is 0 Å². The van der Waals surface area contributed by atoms with Crippen molar-refractivity contribution in [2.24, 2.45) is 0 Å². The molecule has 0 saturated carbocycles. The molecule has 0 aliphatic carbocycles. The van der Waals surface area contributed by atoms with Crippen LogP contribution in [-0.2, 0) is 28.2 Å². The fourth-order valence-electron chi connectivity index (χ4n) is 4.96. The normalized spacial score (nSPS) is 13.1. The van der Waals surface area contributed by atoms with Crippen LogP contribution < -0.4 is 0 Å². The lowest BCUT2D eigenvalue weighted by atomic mass is 10.1. The van der Waals surface area contributed by atoms with Gasteiger partial charge in [-0.3, -0.25) is 14.1 Å². The molecule has 0 fully saturated rings. The molecule has 0 aliphatic rings. The number of hydrogen-bond donors (Lipinski definition) is 2. The van der Waals surface area contributed by atoms with Gasteiger partial charge in [-0.05, 0) is 57.8 Å². The third kappa shape index (κ3) is 38.4. The van der Waals surface area contributed by atoms with Gasteiger partial charge >= 0.3 is 19.8 Å². The molecule has 1 unspecified atom stereocenters. The minimum atomic E-state index is -4.77. The van der Waals surface area contributed by atoms with Crippen LogP contribution in [0.1, 0.15) is 162 Å². The van der Waals surface area contributed by atoms with E-state index in [9.17, 15) is 14.2 Å². The van der Waals surface area contributed by atoms with E-state index >= 15 is 0 Å². The van der Waals surface area contributed by atoms with Crippen LogP contribution in [0.3, 0.4) is 0 Å². The van der Waals surface area contributed by atoms with E-state index in [1.807, 2.05) is 12.2 Å². The average molecular weight is 709 g/mol. The van der Waals surface area contributed by atoms with Gasteiger partial charge in [0.2, 0.25) is 0 Å². The molecule has 0 aromatic heterocycles. The molecule has 2 N–H and O–H groups in total. The fourth-order valence-corrected chi connectivity index (χ4v) is 5.32. The van der Waals surface area contributed by atoms with E-state index in [1.165, 1.54) is 70.6 Å². The fraction of sp³-hybridized carbons (Fsp3) is 0.700. The number of allylic oxidation sites excluding steroid dienone is 10. The van der Waals surface area contributed by atoms with Gasteiger partial charge in [0, 0.05) is 12.8 Å². The molecule has 0 bridgehead atoms. The molecule has 0 aromatic rings. The summed E-state index contributed by atoms with van der Waals surface area (Å²) < 4.78 is 26.2. The molecular weight excluding hydrogens is 639 g/mol. The van der Waals surface area contributed by atoms with Gasteiger partial charge in [-0.25, -0.2) is 4.57 Å². The molecule has 0 amide bonds. The second-order valence-electron chi connectivity index (χ2n) is 12.6. The van der Waals surface area contributed by atoms with E-state index in [2.05, 4.69) is 67.0 Å². The van der Waals surface area contributed by atoms with Crippen molar-refractivity contribution in [2.75, 3.05) is 13.2 Å². The van der Waals surface area contributed by atoms with Crippen molar-refractivity contribution in [3.05, 3.63) is 60.8 Å². The van der Waals surface area contributed by atoms with Gasteiger partial charge in [0.15, 0.2) is 6.10 Å². The minimum Gasteiger partial charge on any atom is -0.462 e. The Labute approximate surface area is 298 Å². The predicted molar refractivity (Wildman–Crippen MR) is 202 cm³/mol. The molecular formula is C40H69O8P. The number of phosphoric acid groups is 1. The lowest BCUT2D eigenvalue weighted by molar-refractivity contribution is -0.161. The van der Waals surface area contributed by atoms with E-state index in [0.717, 1.165) is 51.4 Å². The first-order valence-corrected chi connectivity index (χ1v) is 20.6. The molecule has 0 saturated heterocycles. The van der Waals surface area contributed by atoms with Crippen molar-refractivity contribution >= 4 is 19.8 Å². The largest absolute Gasteiger partial charge is 0.469 e. The van der Waals surface area contributed by atoms with Crippen molar-refractivity contribution in [1.29, 1.82) is 0 Å². The standard InChI is InChI=1S/C40H69O8P/c1-3-5-7-9-11-13-15-17-18-19-20-21-23-24-26-28-30-32-34-39(41)46-36-38(37-47-49(43,44)45)48-40(42)35-33-31-29-27-25-22-16-14-12-10-8-6-4-2/h15,17-22,25,29,31,38H,3-14,16,23-24,26-28,30,32-37H2,1-2H3,(H2,43,44,45)/b17-15+,19-18+,21-20+,25-22+,31-29+. The van der Waals surface area contributed by atoms with Crippen LogP contribution >= 0.6 is 7.82 Å². The van der Waals surface area contributed by atoms with Crippen LogP contribution in [-0.4, -0.2) is 41.0 Å². The first kappa shape index (κ1) is 46.8. The zero-order valence-electron chi connectivity index (χ0n) is 30.8. The van der Waals surface area contributed by atoms with Gasteiger partial charge in [-0.1, -0.05) is 152 Å². The molecule has 282 valence electrons. The molecule has 9 heteroatoms. The number of carbonyl (C=O) groups excluding carboxylic acids is 2.